The number of hydrogen-bond acceptors (Lipinski definition) is 7. The zero-order valence-corrected chi connectivity index (χ0v) is 25.8. The van der Waals surface area contributed by atoms with Crippen LogP contribution in [0, 0.1) is 12.7 Å². The van der Waals surface area contributed by atoms with E-state index in [1.54, 1.807) is 42.7 Å². The van der Waals surface area contributed by atoms with E-state index < -0.39 is 12.0 Å². The number of hydrogen-bond donors (Lipinski definition) is 0. The van der Waals surface area contributed by atoms with Crippen molar-refractivity contribution in [3.05, 3.63) is 124 Å². The fraction of sp³-hybridized carbons (Fsp3) is 0.219. The van der Waals surface area contributed by atoms with E-state index >= 15 is 0 Å². The Morgan fingerprint density at radius 3 is 2.60 bits per heavy atom. The highest BCUT2D eigenvalue weighted by Gasteiger charge is 2.33. The van der Waals surface area contributed by atoms with Crippen molar-refractivity contribution in [2.45, 2.75) is 33.4 Å². The maximum absolute atomic E-state index is 13.9. The molecule has 0 fully saturated rings. The molecule has 1 aromatic heterocycles. The third-order valence-electron chi connectivity index (χ3n) is 6.73. The van der Waals surface area contributed by atoms with Gasteiger partial charge in [-0.1, -0.05) is 53.3 Å². The van der Waals surface area contributed by atoms with Gasteiger partial charge < -0.3 is 14.2 Å². The van der Waals surface area contributed by atoms with Crippen LogP contribution in [0.25, 0.3) is 6.08 Å². The minimum Gasteiger partial charge on any atom is -0.493 e. The van der Waals surface area contributed by atoms with Crippen LogP contribution in [0.4, 0.5) is 4.39 Å². The summed E-state index contributed by atoms with van der Waals surface area (Å²) in [5.74, 6) is 0.0569. The second-order valence-corrected chi connectivity index (χ2v) is 11.5. The van der Waals surface area contributed by atoms with E-state index in [0.29, 0.717) is 47.7 Å². The molecule has 1 aliphatic rings. The fourth-order valence-electron chi connectivity index (χ4n) is 4.75. The summed E-state index contributed by atoms with van der Waals surface area (Å²) in [4.78, 5) is 32.1. The number of allylic oxidation sites excluding steroid dienone is 1. The van der Waals surface area contributed by atoms with Crippen molar-refractivity contribution in [1.82, 2.24) is 4.57 Å². The van der Waals surface area contributed by atoms with Crippen LogP contribution in [0.2, 0.25) is 0 Å². The van der Waals surface area contributed by atoms with Gasteiger partial charge in [0.1, 0.15) is 12.4 Å². The molecule has 4 aromatic rings. The van der Waals surface area contributed by atoms with Crippen molar-refractivity contribution in [3.63, 3.8) is 0 Å². The van der Waals surface area contributed by atoms with Gasteiger partial charge >= 0.3 is 5.97 Å². The molecule has 3 aromatic carbocycles. The lowest BCUT2D eigenvalue weighted by atomic mass is 9.95. The number of carbonyl (C=O) groups is 1. The molecule has 5 rings (SSSR count). The second kappa shape index (κ2) is 12.5. The molecule has 0 unspecified atom stereocenters. The quantitative estimate of drug-likeness (QED) is 0.232. The van der Waals surface area contributed by atoms with E-state index in [0.717, 1.165) is 11.1 Å². The summed E-state index contributed by atoms with van der Waals surface area (Å²) in [6, 6.07) is 16.8. The lowest BCUT2D eigenvalue weighted by Gasteiger charge is -2.24. The second-order valence-electron chi connectivity index (χ2n) is 9.67. The summed E-state index contributed by atoms with van der Waals surface area (Å²) >= 11 is 4.79. The molecule has 0 saturated heterocycles. The van der Waals surface area contributed by atoms with Crippen LogP contribution >= 0.6 is 27.3 Å². The average Bonchev–Trinajstić information content (AvgIpc) is 3.26. The SMILES string of the molecule is CCOC(=O)C1=C(C)N=c2s/c(=C/c3cc(Br)c(OCc4cccc(F)c4)c(OC)c3)c(=O)n2[C@@H]1c1ccc(C)cc1. The van der Waals surface area contributed by atoms with Gasteiger partial charge in [0, 0.05) is 0 Å². The van der Waals surface area contributed by atoms with Crippen molar-refractivity contribution in [1.29, 1.82) is 0 Å². The maximum Gasteiger partial charge on any atom is 0.338 e. The number of nitrogens with zero attached hydrogens (tertiary/aromatic N) is 2. The first-order valence-electron chi connectivity index (χ1n) is 13.2. The molecule has 0 amide bonds. The van der Waals surface area contributed by atoms with Crippen LogP contribution in [0.1, 0.15) is 42.1 Å². The normalized spacial score (nSPS) is 14.8. The number of thiazole rings is 1. The Balaban J connectivity index is 1.57. The minimum atomic E-state index is -0.678. The van der Waals surface area contributed by atoms with Gasteiger partial charge in [0.2, 0.25) is 0 Å². The molecule has 1 atom stereocenters. The molecule has 1 aliphatic heterocycles. The van der Waals surface area contributed by atoms with Crippen LogP contribution in [0.3, 0.4) is 0 Å². The minimum absolute atomic E-state index is 0.145. The van der Waals surface area contributed by atoms with Gasteiger partial charge in [0.25, 0.3) is 5.56 Å². The monoisotopic (exact) mass is 650 g/mol. The molecular weight excluding hydrogens is 623 g/mol. The number of ether oxygens (including phenoxy) is 3. The van der Waals surface area contributed by atoms with Gasteiger partial charge in [-0.05, 0) is 83.7 Å². The molecule has 216 valence electrons. The van der Waals surface area contributed by atoms with E-state index in [-0.39, 0.29) is 24.6 Å². The van der Waals surface area contributed by atoms with Crippen LogP contribution in [0.5, 0.6) is 11.5 Å². The number of esters is 1. The van der Waals surface area contributed by atoms with Gasteiger partial charge in [0.05, 0.1) is 40.0 Å². The molecule has 7 nitrogen and oxygen atoms in total. The van der Waals surface area contributed by atoms with E-state index in [2.05, 4.69) is 20.9 Å². The summed E-state index contributed by atoms with van der Waals surface area (Å²) in [6.07, 6.45) is 1.75. The van der Waals surface area contributed by atoms with E-state index in [4.69, 9.17) is 14.2 Å². The molecule has 42 heavy (non-hydrogen) atoms. The molecule has 0 spiro atoms. The summed E-state index contributed by atoms with van der Waals surface area (Å²) in [7, 11) is 1.52. The Hall–Kier alpha value is -4.02. The topological polar surface area (TPSA) is 79.1 Å². The summed E-state index contributed by atoms with van der Waals surface area (Å²) in [5, 5.41) is 0. The van der Waals surface area contributed by atoms with E-state index in [1.165, 1.54) is 30.6 Å². The zero-order valence-electron chi connectivity index (χ0n) is 23.4. The smallest absolute Gasteiger partial charge is 0.338 e. The standard InChI is InChI=1S/C32H28BrFN2O5S/c1-5-40-31(38)27-19(3)35-32-36(28(27)22-11-9-18(2)10-12-22)30(37)26(42-32)16-21-14-24(33)29(25(15-21)39-4)41-17-20-7-6-8-23(34)13-20/h6-16,28H,5,17H2,1-4H3/b26-16+/t28-/m1/s1. The highest BCUT2D eigenvalue weighted by molar-refractivity contribution is 9.10. The Morgan fingerprint density at radius 1 is 1.14 bits per heavy atom. The van der Waals surface area contributed by atoms with Gasteiger partial charge in [-0.3, -0.25) is 9.36 Å². The van der Waals surface area contributed by atoms with Gasteiger partial charge in [0.15, 0.2) is 16.3 Å². The Morgan fingerprint density at radius 2 is 1.90 bits per heavy atom. The number of fused-ring (bicyclic) bond motifs is 1. The van der Waals surface area contributed by atoms with Gasteiger partial charge in [-0.25, -0.2) is 14.2 Å². The largest absolute Gasteiger partial charge is 0.493 e. The summed E-state index contributed by atoms with van der Waals surface area (Å²) < 4.78 is 33.1. The average molecular weight is 652 g/mol. The molecule has 0 saturated carbocycles. The number of aryl methyl sites for hydroxylation is 1. The Labute approximate surface area is 254 Å². The first kappa shape index (κ1) is 29.5. The third kappa shape index (κ3) is 5.96. The first-order valence-corrected chi connectivity index (χ1v) is 14.8. The summed E-state index contributed by atoms with van der Waals surface area (Å²) in [6.45, 7) is 5.83. The first-order chi connectivity index (χ1) is 20.2. The lowest BCUT2D eigenvalue weighted by molar-refractivity contribution is -0.139. The van der Waals surface area contributed by atoms with Crippen LogP contribution < -0.4 is 24.4 Å². The van der Waals surface area contributed by atoms with Crippen LogP contribution in [-0.4, -0.2) is 24.3 Å². The van der Waals surface area contributed by atoms with Crippen molar-refractivity contribution in [3.8, 4) is 11.5 Å². The number of rotatable bonds is 8. The van der Waals surface area contributed by atoms with Crippen LogP contribution in [-0.2, 0) is 16.1 Å². The molecule has 0 bridgehead atoms. The predicted molar refractivity (Wildman–Crippen MR) is 163 cm³/mol. The van der Waals surface area contributed by atoms with Gasteiger partial charge in [-0.15, -0.1) is 0 Å². The Kier molecular flexibility index (Phi) is 8.74. The molecule has 2 heterocycles. The number of halogens is 2. The third-order valence-corrected chi connectivity index (χ3v) is 8.30. The summed E-state index contributed by atoms with van der Waals surface area (Å²) in [5.41, 5.74) is 3.78. The maximum atomic E-state index is 13.9. The van der Waals surface area contributed by atoms with Crippen LogP contribution in [0.15, 0.2) is 86.2 Å². The van der Waals surface area contributed by atoms with Gasteiger partial charge in [-0.2, -0.15) is 0 Å². The fourth-order valence-corrected chi connectivity index (χ4v) is 6.37. The molecule has 0 N–H and O–H groups in total. The van der Waals surface area contributed by atoms with Crippen molar-refractivity contribution < 1.29 is 23.4 Å². The number of carbonyl (C=O) groups excluding carboxylic acids is 1. The number of methoxy groups -OCH3 is 1. The number of benzene rings is 3. The Bertz CT molecular complexity index is 1880. The molecule has 10 heteroatoms. The van der Waals surface area contributed by atoms with Crippen molar-refractivity contribution in [2.75, 3.05) is 13.7 Å². The van der Waals surface area contributed by atoms with E-state index in [1.807, 2.05) is 37.3 Å². The van der Waals surface area contributed by atoms with Crippen molar-refractivity contribution >= 4 is 39.3 Å². The molecular formula is C32H28BrFN2O5S. The predicted octanol–water partition coefficient (Wildman–Crippen LogP) is 5.60. The lowest BCUT2D eigenvalue weighted by Crippen LogP contribution is -2.39. The van der Waals surface area contributed by atoms with E-state index in [9.17, 15) is 14.0 Å². The highest BCUT2D eigenvalue weighted by Crippen LogP contribution is 2.37. The van der Waals surface area contributed by atoms with Crippen molar-refractivity contribution in [2.24, 2.45) is 4.99 Å². The molecule has 0 aliphatic carbocycles. The molecule has 0 radical (unpaired) electrons. The zero-order chi connectivity index (χ0) is 30.0. The highest BCUT2D eigenvalue weighted by atomic mass is 79.9. The number of aromatic nitrogens is 1.